The zero-order valence-corrected chi connectivity index (χ0v) is 12.4. The van der Waals surface area contributed by atoms with E-state index in [1.54, 1.807) is 0 Å². The summed E-state index contributed by atoms with van der Waals surface area (Å²) in [6.07, 6.45) is 2.67. The lowest BCUT2D eigenvalue weighted by Crippen LogP contribution is -1.93. The molecule has 2 heteroatoms. The quantitative estimate of drug-likeness (QED) is 0.861. The van der Waals surface area contributed by atoms with Crippen LogP contribution in [0.5, 0.6) is 11.5 Å². The minimum absolute atomic E-state index is 0.138. The van der Waals surface area contributed by atoms with Crippen LogP contribution in [0.2, 0.25) is 0 Å². The van der Waals surface area contributed by atoms with Gasteiger partial charge in [0.1, 0.15) is 11.5 Å². The Bertz CT molecular complexity index is 615. The van der Waals surface area contributed by atoms with Gasteiger partial charge in [0.2, 0.25) is 0 Å². The zero-order chi connectivity index (χ0) is 14.7. The molecule has 2 N–H and O–H groups in total. The van der Waals surface area contributed by atoms with Gasteiger partial charge in [-0.1, -0.05) is 39.0 Å². The second-order valence-corrected chi connectivity index (χ2v) is 5.05. The average molecular weight is 270 g/mol. The van der Waals surface area contributed by atoms with E-state index in [-0.39, 0.29) is 11.5 Å². The van der Waals surface area contributed by atoms with E-state index in [4.69, 9.17) is 0 Å². The fourth-order valence-corrected chi connectivity index (χ4v) is 2.54. The molecule has 0 amide bonds. The molecule has 0 atom stereocenters. The summed E-state index contributed by atoms with van der Waals surface area (Å²) in [6.45, 7) is 6.26. The lowest BCUT2D eigenvalue weighted by Gasteiger charge is -2.14. The van der Waals surface area contributed by atoms with Crippen molar-refractivity contribution in [1.82, 2.24) is 0 Å². The summed E-state index contributed by atoms with van der Waals surface area (Å²) in [7, 11) is 0. The molecule has 20 heavy (non-hydrogen) atoms. The Kier molecular flexibility index (Phi) is 4.33. The van der Waals surface area contributed by atoms with Gasteiger partial charge in [-0.25, -0.2) is 0 Å². The SMILES string of the molecule is CCc1ccc(-c2cc(CC)c(O)cc2O)c(CC)c1. The van der Waals surface area contributed by atoms with E-state index in [0.29, 0.717) is 0 Å². The molecular formula is C18H22O2. The molecule has 0 unspecified atom stereocenters. The van der Waals surface area contributed by atoms with E-state index in [0.717, 1.165) is 36.0 Å². The summed E-state index contributed by atoms with van der Waals surface area (Å²) >= 11 is 0. The molecule has 106 valence electrons. The van der Waals surface area contributed by atoms with Gasteiger partial charge in [0.05, 0.1) is 0 Å². The highest BCUT2D eigenvalue weighted by Crippen LogP contribution is 2.37. The molecule has 0 spiro atoms. The van der Waals surface area contributed by atoms with Crippen LogP contribution in [0.25, 0.3) is 11.1 Å². The van der Waals surface area contributed by atoms with Gasteiger partial charge in [-0.3, -0.25) is 0 Å². The first-order chi connectivity index (χ1) is 9.60. The van der Waals surface area contributed by atoms with Crippen LogP contribution >= 0.6 is 0 Å². The molecule has 2 nitrogen and oxygen atoms in total. The van der Waals surface area contributed by atoms with Crippen LogP contribution < -0.4 is 0 Å². The van der Waals surface area contributed by atoms with Gasteiger partial charge >= 0.3 is 0 Å². The first-order valence-corrected chi connectivity index (χ1v) is 7.27. The van der Waals surface area contributed by atoms with E-state index in [1.165, 1.54) is 17.2 Å². The monoisotopic (exact) mass is 270 g/mol. The summed E-state index contributed by atoms with van der Waals surface area (Å²) in [5.74, 6) is 0.302. The van der Waals surface area contributed by atoms with Crippen molar-refractivity contribution in [2.45, 2.75) is 40.0 Å². The number of hydrogen-bond acceptors (Lipinski definition) is 2. The third kappa shape index (κ3) is 2.64. The van der Waals surface area contributed by atoms with Gasteiger partial charge in [0.25, 0.3) is 0 Å². The highest BCUT2D eigenvalue weighted by Gasteiger charge is 2.12. The fourth-order valence-electron chi connectivity index (χ4n) is 2.54. The van der Waals surface area contributed by atoms with Crippen molar-refractivity contribution in [1.29, 1.82) is 0 Å². The van der Waals surface area contributed by atoms with Crippen LogP contribution in [-0.4, -0.2) is 10.2 Å². The number of phenols is 2. The van der Waals surface area contributed by atoms with Crippen LogP contribution in [0.15, 0.2) is 30.3 Å². The van der Waals surface area contributed by atoms with Crippen molar-refractivity contribution in [2.24, 2.45) is 0 Å². The first kappa shape index (κ1) is 14.4. The molecule has 0 radical (unpaired) electrons. The first-order valence-electron chi connectivity index (χ1n) is 7.27. The maximum atomic E-state index is 10.2. The summed E-state index contributed by atoms with van der Waals surface area (Å²) in [4.78, 5) is 0. The van der Waals surface area contributed by atoms with E-state index in [9.17, 15) is 10.2 Å². The van der Waals surface area contributed by atoms with Crippen molar-refractivity contribution in [2.75, 3.05) is 0 Å². The number of aryl methyl sites for hydroxylation is 3. The highest BCUT2D eigenvalue weighted by molar-refractivity contribution is 5.75. The van der Waals surface area contributed by atoms with Crippen LogP contribution in [0.3, 0.4) is 0 Å². The lowest BCUT2D eigenvalue weighted by atomic mass is 9.93. The van der Waals surface area contributed by atoms with Gasteiger partial charge in [-0.15, -0.1) is 0 Å². The minimum Gasteiger partial charge on any atom is -0.508 e. The Morgan fingerprint density at radius 3 is 2.00 bits per heavy atom. The topological polar surface area (TPSA) is 40.5 Å². The Balaban J connectivity index is 2.61. The molecule has 0 bridgehead atoms. The zero-order valence-electron chi connectivity index (χ0n) is 12.4. The molecule has 0 aliphatic carbocycles. The van der Waals surface area contributed by atoms with Crippen LogP contribution in [-0.2, 0) is 19.3 Å². The predicted octanol–water partition coefficient (Wildman–Crippen LogP) is 4.45. The Morgan fingerprint density at radius 1 is 0.700 bits per heavy atom. The molecule has 0 fully saturated rings. The van der Waals surface area contributed by atoms with E-state index >= 15 is 0 Å². The Morgan fingerprint density at radius 2 is 1.40 bits per heavy atom. The minimum atomic E-state index is 0.138. The van der Waals surface area contributed by atoms with Gasteiger partial charge in [0, 0.05) is 11.6 Å². The average Bonchev–Trinajstić information content (AvgIpc) is 2.47. The van der Waals surface area contributed by atoms with E-state index in [1.807, 2.05) is 13.0 Å². The molecule has 0 aliphatic heterocycles. The molecule has 0 aliphatic rings. The summed E-state index contributed by atoms with van der Waals surface area (Å²) in [5, 5.41) is 20.0. The van der Waals surface area contributed by atoms with Crippen molar-refractivity contribution in [3.8, 4) is 22.6 Å². The molecule has 0 aromatic heterocycles. The Labute approximate surface area is 120 Å². The lowest BCUT2D eigenvalue weighted by molar-refractivity contribution is 0.447. The van der Waals surface area contributed by atoms with Crippen molar-refractivity contribution in [3.05, 3.63) is 47.0 Å². The molecular weight excluding hydrogens is 248 g/mol. The number of rotatable bonds is 4. The molecule has 0 saturated carbocycles. The molecule has 0 heterocycles. The standard InChI is InChI=1S/C18H22O2/c1-4-12-7-8-15(13(5-2)9-12)16-10-14(6-3)17(19)11-18(16)20/h7-11,19-20H,4-6H2,1-3H3. The summed E-state index contributed by atoms with van der Waals surface area (Å²) in [6, 6.07) is 9.72. The normalized spacial score (nSPS) is 10.8. The van der Waals surface area contributed by atoms with E-state index in [2.05, 4.69) is 32.0 Å². The smallest absolute Gasteiger partial charge is 0.127 e. The van der Waals surface area contributed by atoms with Crippen molar-refractivity contribution >= 4 is 0 Å². The van der Waals surface area contributed by atoms with Gasteiger partial charge in [0.15, 0.2) is 0 Å². The largest absolute Gasteiger partial charge is 0.508 e. The summed E-state index contributed by atoms with van der Waals surface area (Å²) in [5.41, 5.74) is 5.25. The Hall–Kier alpha value is -1.96. The maximum Gasteiger partial charge on any atom is 0.127 e. The number of aromatic hydroxyl groups is 2. The van der Waals surface area contributed by atoms with E-state index < -0.39 is 0 Å². The highest BCUT2D eigenvalue weighted by atomic mass is 16.3. The second kappa shape index (κ2) is 6.00. The van der Waals surface area contributed by atoms with Crippen LogP contribution in [0.4, 0.5) is 0 Å². The molecule has 2 rings (SSSR count). The molecule has 0 saturated heterocycles. The van der Waals surface area contributed by atoms with Gasteiger partial charge in [-0.05, 0) is 47.6 Å². The third-order valence-corrected chi connectivity index (χ3v) is 3.83. The van der Waals surface area contributed by atoms with Crippen LogP contribution in [0, 0.1) is 0 Å². The number of hydrogen-bond donors (Lipinski definition) is 2. The van der Waals surface area contributed by atoms with Gasteiger partial charge in [-0.2, -0.15) is 0 Å². The van der Waals surface area contributed by atoms with Gasteiger partial charge < -0.3 is 10.2 Å². The molecule has 2 aromatic carbocycles. The maximum absolute atomic E-state index is 10.2. The summed E-state index contributed by atoms with van der Waals surface area (Å²) < 4.78 is 0. The number of benzene rings is 2. The fraction of sp³-hybridized carbons (Fsp3) is 0.333. The van der Waals surface area contributed by atoms with Crippen molar-refractivity contribution in [3.63, 3.8) is 0 Å². The predicted molar refractivity (Wildman–Crippen MR) is 83.3 cm³/mol. The van der Waals surface area contributed by atoms with Crippen molar-refractivity contribution < 1.29 is 10.2 Å². The van der Waals surface area contributed by atoms with Crippen LogP contribution in [0.1, 0.15) is 37.5 Å². The second-order valence-electron chi connectivity index (χ2n) is 5.05. The number of phenolic OH excluding ortho intramolecular Hbond substituents is 2. The third-order valence-electron chi connectivity index (χ3n) is 3.83. The molecule has 2 aromatic rings.